The highest BCUT2D eigenvalue weighted by atomic mass is 32.2. The van der Waals surface area contributed by atoms with Gasteiger partial charge in [0.15, 0.2) is 17.5 Å². The van der Waals surface area contributed by atoms with Crippen LogP contribution in [0.2, 0.25) is 0 Å². The lowest BCUT2D eigenvalue weighted by Gasteiger charge is -2.19. The average molecular weight is 457 g/mol. The van der Waals surface area contributed by atoms with Crippen LogP contribution in [-0.4, -0.2) is 44.2 Å². The van der Waals surface area contributed by atoms with Crippen LogP contribution in [0, 0.1) is 24.4 Å². The summed E-state index contributed by atoms with van der Waals surface area (Å²) in [5.74, 6) is -6.31. The lowest BCUT2D eigenvalue weighted by Crippen LogP contribution is -2.34. The summed E-state index contributed by atoms with van der Waals surface area (Å²) in [6, 6.07) is 5.57. The monoisotopic (exact) mass is 457 g/mol. The number of hydrogen-bond acceptors (Lipinski definition) is 4. The van der Waals surface area contributed by atoms with E-state index in [2.05, 4.69) is 5.32 Å². The molecule has 0 aliphatic carbocycles. The molecule has 0 spiro atoms. The van der Waals surface area contributed by atoms with E-state index in [0.717, 1.165) is 6.07 Å². The molecule has 2 aromatic carbocycles. The molecule has 0 saturated carbocycles. The van der Waals surface area contributed by atoms with Crippen molar-refractivity contribution in [2.45, 2.75) is 25.7 Å². The number of carbonyl (C=O) groups excluding carboxylic acids is 2. The molecule has 2 rings (SSSR count). The standard InChI is InChI=1S/C20H22F3N3O4S/c1-4-26(5-2)31(29,30)13-7-6-12(3)14(10-13)20(28)24-11-17(27)25-16-9-8-15(21)18(22)19(16)23/h6-10H,4-5,11H2,1-3H3,(H,24,28)(H,25,27). The Hall–Kier alpha value is -2.92. The topological polar surface area (TPSA) is 95.6 Å². The molecule has 2 aromatic rings. The Labute approximate surface area is 178 Å². The predicted molar refractivity (Wildman–Crippen MR) is 109 cm³/mol. The van der Waals surface area contributed by atoms with Gasteiger partial charge in [-0.05, 0) is 36.8 Å². The highest BCUT2D eigenvalue weighted by molar-refractivity contribution is 7.89. The molecular formula is C20H22F3N3O4S. The number of nitrogens with zero attached hydrogens (tertiary/aromatic N) is 1. The number of hydrogen-bond donors (Lipinski definition) is 2. The zero-order chi connectivity index (χ0) is 23.3. The minimum absolute atomic E-state index is 0.0417. The van der Waals surface area contributed by atoms with Gasteiger partial charge in [-0.25, -0.2) is 21.6 Å². The van der Waals surface area contributed by atoms with E-state index in [0.29, 0.717) is 11.6 Å². The van der Waals surface area contributed by atoms with Crippen molar-refractivity contribution >= 4 is 27.5 Å². The summed E-state index contributed by atoms with van der Waals surface area (Å²) in [6.45, 7) is 4.89. The van der Waals surface area contributed by atoms with E-state index in [1.54, 1.807) is 20.8 Å². The summed E-state index contributed by atoms with van der Waals surface area (Å²) in [7, 11) is -3.79. The van der Waals surface area contributed by atoms with Gasteiger partial charge in [0, 0.05) is 18.7 Å². The van der Waals surface area contributed by atoms with E-state index in [-0.39, 0.29) is 23.5 Å². The summed E-state index contributed by atoms with van der Waals surface area (Å²) in [5, 5.41) is 4.32. The predicted octanol–water partition coefficient (Wildman–Crippen LogP) is 2.81. The van der Waals surface area contributed by atoms with E-state index >= 15 is 0 Å². The van der Waals surface area contributed by atoms with E-state index in [9.17, 15) is 31.2 Å². The van der Waals surface area contributed by atoms with Gasteiger partial charge in [0.25, 0.3) is 5.91 Å². The van der Waals surface area contributed by atoms with Gasteiger partial charge in [-0.15, -0.1) is 0 Å². The number of rotatable bonds is 8. The molecular weight excluding hydrogens is 435 g/mol. The smallest absolute Gasteiger partial charge is 0.252 e. The van der Waals surface area contributed by atoms with Gasteiger partial charge in [0.05, 0.1) is 17.1 Å². The Kier molecular flexibility index (Phi) is 7.80. The minimum Gasteiger partial charge on any atom is -0.343 e. The lowest BCUT2D eigenvalue weighted by atomic mass is 10.1. The highest BCUT2D eigenvalue weighted by Gasteiger charge is 2.23. The number of aryl methyl sites for hydroxylation is 1. The molecule has 0 unspecified atom stereocenters. The third kappa shape index (κ3) is 5.42. The summed E-state index contributed by atoms with van der Waals surface area (Å²) in [6.07, 6.45) is 0. The van der Waals surface area contributed by atoms with Crippen LogP contribution in [0.4, 0.5) is 18.9 Å². The molecule has 0 aliphatic rings. The molecule has 0 aliphatic heterocycles. The first kappa shape index (κ1) is 24.4. The van der Waals surface area contributed by atoms with Crippen LogP contribution in [0.1, 0.15) is 29.8 Å². The Morgan fingerprint density at radius 1 is 1.00 bits per heavy atom. The maximum atomic E-state index is 13.6. The number of amides is 2. The van der Waals surface area contributed by atoms with Crippen molar-refractivity contribution in [3.8, 4) is 0 Å². The first-order chi connectivity index (χ1) is 14.5. The molecule has 0 atom stereocenters. The van der Waals surface area contributed by atoms with E-state index in [4.69, 9.17) is 0 Å². The van der Waals surface area contributed by atoms with Crippen LogP contribution in [0.5, 0.6) is 0 Å². The van der Waals surface area contributed by atoms with Crippen LogP contribution >= 0.6 is 0 Å². The van der Waals surface area contributed by atoms with Crippen molar-refractivity contribution in [2.75, 3.05) is 25.0 Å². The van der Waals surface area contributed by atoms with Crippen molar-refractivity contribution in [2.24, 2.45) is 0 Å². The highest BCUT2D eigenvalue weighted by Crippen LogP contribution is 2.21. The van der Waals surface area contributed by atoms with Crippen LogP contribution in [0.15, 0.2) is 35.2 Å². The Morgan fingerprint density at radius 3 is 2.26 bits per heavy atom. The second-order valence-electron chi connectivity index (χ2n) is 6.52. The molecule has 2 N–H and O–H groups in total. The number of benzene rings is 2. The maximum Gasteiger partial charge on any atom is 0.252 e. The molecule has 0 aromatic heterocycles. The Balaban J connectivity index is 2.14. The zero-order valence-electron chi connectivity index (χ0n) is 17.1. The molecule has 0 fully saturated rings. The number of nitrogens with one attached hydrogen (secondary N) is 2. The van der Waals surface area contributed by atoms with Gasteiger partial charge in [0.1, 0.15) is 0 Å². The van der Waals surface area contributed by atoms with Gasteiger partial charge in [-0.1, -0.05) is 19.9 Å². The second kappa shape index (κ2) is 9.92. The van der Waals surface area contributed by atoms with E-state index < -0.39 is 51.5 Å². The Bertz CT molecular complexity index is 1100. The number of sulfonamides is 1. The first-order valence-corrected chi connectivity index (χ1v) is 10.8. The van der Waals surface area contributed by atoms with Gasteiger partial charge in [-0.3, -0.25) is 9.59 Å². The molecule has 31 heavy (non-hydrogen) atoms. The van der Waals surface area contributed by atoms with Crippen LogP contribution in [0.25, 0.3) is 0 Å². The molecule has 11 heteroatoms. The number of anilines is 1. The summed E-state index contributed by atoms with van der Waals surface area (Å²) in [4.78, 5) is 24.4. The van der Waals surface area contributed by atoms with Crippen molar-refractivity contribution in [3.05, 3.63) is 58.9 Å². The van der Waals surface area contributed by atoms with Gasteiger partial charge >= 0.3 is 0 Å². The second-order valence-corrected chi connectivity index (χ2v) is 8.46. The molecule has 7 nitrogen and oxygen atoms in total. The zero-order valence-corrected chi connectivity index (χ0v) is 17.9. The SMILES string of the molecule is CCN(CC)S(=O)(=O)c1ccc(C)c(C(=O)NCC(=O)Nc2ccc(F)c(F)c2F)c1. The minimum atomic E-state index is -3.79. The van der Waals surface area contributed by atoms with Crippen molar-refractivity contribution < 1.29 is 31.2 Å². The van der Waals surface area contributed by atoms with Gasteiger partial charge < -0.3 is 10.6 Å². The quantitative estimate of drug-likeness (QED) is 0.596. The summed E-state index contributed by atoms with van der Waals surface area (Å²) >= 11 is 0. The molecule has 168 valence electrons. The fourth-order valence-electron chi connectivity index (χ4n) is 2.79. The fraction of sp³-hybridized carbons (Fsp3) is 0.300. The summed E-state index contributed by atoms with van der Waals surface area (Å²) in [5.41, 5.74) is -0.0651. The van der Waals surface area contributed by atoms with Crippen molar-refractivity contribution in [1.29, 1.82) is 0 Å². The largest absolute Gasteiger partial charge is 0.343 e. The summed E-state index contributed by atoms with van der Waals surface area (Å²) < 4.78 is 66.4. The molecule has 0 heterocycles. The number of carbonyl (C=O) groups is 2. The first-order valence-electron chi connectivity index (χ1n) is 9.35. The van der Waals surface area contributed by atoms with Gasteiger partial charge in [0.2, 0.25) is 15.9 Å². The third-order valence-corrected chi connectivity index (χ3v) is 6.56. The van der Waals surface area contributed by atoms with Crippen LogP contribution in [-0.2, 0) is 14.8 Å². The van der Waals surface area contributed by atoms with Crippen LogP contribution in [0.3, 0.4) is 0 Å². The van der Waals surface area contributed by atoms with Crippen molar-refractivity contribution in [1.82, 2.24) is 9.62 Å². The molecule has 0 saturated heterocycles. The maximum absolute atomic E-state index is 13.6. The van der Waals surface area contributed by atoms with Gasteiger partial charge in [-0.2, -0.15) is 4.31 Å². The molecule has 0 radical (unpaired) electrons. The molecule has 2 amide bonds. The normalized spacial score (nSPS) is 11.5. The van der Waals surface area contributed by atoms with Crippen molar-refractivity contribution in [3.63, 3.8) is 0 Å². The van der Waals surface area contributed by atoms with Crippen LogP contribution < -0.4 is 10.6 Å². The Morgan fingerprint density at radius 2 is 1.65 bits per heavy atom. The van der Waals surface area contributed by atoms with E-state index in [1.165, 1.54) is 22.5 Å². The third-order valence-electron chi connectivity index (χ3n) is 4.52. The van der Waals surface area contributed by atoms with E-state index in [1.807, 2.05) is 5.32 Å². The molecule has 0 bridgehead atoms. The lowest BCUT2D eigenvalue weighted by molar-refractivity contribution is -0.115. The number of halogens is 3. The fourth-order valence-corrected chi connectivity index (χ4v) is 4.28. The average Bonchev–Trinajstić information content (AvgIpc) is 2.73.